The molecule has 0 bridgehead atoms. The molecule has 1 fully saturated rings. The van der Waals surface area contributed by atoms with Gasteiger partial charge in [0.25, 0.3) is 0 Å². The van der Waals surface area contributed by atoms with Crippen LogP contribution in [-0.4, -0.2) is 17.6 Å². The van der Waals surface area contributed by atoms with Crippen molar-refractivity contribution < 1.29 is 4.74 Å². The smallest absolute Gasteiger partial charge is 0.220 e. The van der Waals surface area contributed by atoms with Crippen LogP contribution in [0.2, 0.25) is 10.0 Å². The molecule has 0 saturated heterocycles. The average molecular weight is 418 g/mol. The summed E-state index contributed by atoms with van der Waals surface area (Å²) in [5.74, 6) is 1.75. The van der Waals surface area contributed by atoms with Gasteiger partial charge in [-0.1, -0.05) is 29.6 Å². The van der Waals surface area contributed by atoms with Crippen molar-refractivity contribution in [2.75, 3.05) is 4.90 Å². The van der Waals surface area contributed by atoms with E-state index in [-0.39, 0.29) is 11.9 Å². The van der Waals surface area contributed by atoms with E-state index in [2.05, 4.69) is 4.99 Å². The van der Waals surface area contributed by atoms with Gasteiger partial charge in [-0.15, -0.1) is 0 Å². The van der Waals surface area contributed by atoms with Crippen LogP contribution in [0.25, 0.3) is 0 Å². The summed E-state index contributed by atoms with van der Waals surface area (Å²) in [5.41, 5.74) is 12.4. The number of hydrogen-bond donors (Lipinski definition) is 2. The van der Waals surface area contributed by atoms with Crippen molar-refractivity contribution in [3.63, 3.8) is 0 Å². The van der Waals surface area contributed by atoms with Crippen molar-refractivity contribution in [3.8, 4) is 11.5 Å². The molecule has 28 heavy (non-hydrogen) atoms. The Labute approximate surface area is 173 Å². The van der Waals surface area contributed by atoms with Gasteiger partial charge in [-0.2, -0.15) is 4.99 Å². The van der Waals surface area contributed by atoms with Crippen molar-refractivity contribution in [1.29, 1.82) is 0 Å². The summed E-state index contributed by atoms with van der Waals surface area (Å²) < 4.78 is 6.13. The summed E-state index contributed by atoms with van der Waals surface area (Å²) in [6.45, 7) is 0. The normalized spacial score (nSPS) is 18.6. The summed E-state index contributed by atoms with van der Waals surface area (Å²) >= 11 is 12.3. The maximum Gasteiger partial charge on any atom is 0.220 e. The van der Waals surface area contributed by atoms with Gasteiger partial charge in [0.05, 0.1) is 5.69 Å². The van der Waals surface area contributed by atoms with E-state index < -0.39 is 5.66 Å². The van der Waals surface area contributed by atoms with Gasteiger partial charge >= 0.3 is 0 Å². The van der Waals surface area contributed by atoms with Gasteiger partial charge in [0.1, 0.15) is 11.4 Å². The maximum atomic E-state index is 6.34. The van der Waals surface area contributed by atoms with E-state index in [0.29, 0.717) is 27.2 Å². The van der Waals surface area contributed by atoms with Crippen molar-refractivity contribution in [3.05, 3.63) is 52.5 Å². The number of nitrogens with zero attached hydrogens (tertiary/aromatic N) is 3. The number of benzene rings is 2. The Morgan fingerprint density at radius 1 is 0.929 bits per heavy atom. The highest BCUT2D eigenvalue weighted by molar-refractivity contribution is 6.31. The third-order valence-corrected chi connectivity index (χ3v) is 5.54. The molecule has 4 rings (SSSR count). The molecule has 8 heteroatoms. The zero-order valence-corrected chi connectivity index (χ0v) is 16.7. The van der Waals surface area contributed by atoms with Crippen LogP contribution >= 0.6 is 23.2 Å². The van der Waals surface area contributed by atoms with E-state index >= 15 is 0 Å². The Bertz CT molecular complexity index is 936. The van der Waals surface area contributed by atoms with Crippen LogP contribution in [0.1, 0.15) is 32.1 Å². The van der Waals surface area contributed by atoms with Crippen LogP contribution in [0.4, 0.5) is 5.69 Å². The zero-order valence-electron chi connectivity index (χ0n) is 15.2. The molecule has 146 valence electrons. The Morgan fingerprint density at radius 2 is 1.61 bits per heavy atom. The van der Waals surface area contributed by atoms with Crippen molar-refractivity contribution in [2.45, 2.75) is 37.8 Å². The van der Waals surface area contributed by atoms with Gasteiger partial charge in [0, 0.05) is 10.0 Å². The summed E-state index contributed by atoms with van der Waals surface area (Å²) in [5, 5.41) is 1.21. The van der Waals surface area contributed by atoms with Crippen LogP contribution in [0.15, 0.2) is 52.4 Å². The molecule has 0 aromatic heterocycles. The lowest BCUT2D eigenvalue weighted by Crippen LogP contribution is -2.58. The minimum absolute atomic E-state index is 0.206. The molecule has 1 saturated carbocycles. The molecule has 1 aliphatic heterocycles. The summed E-state index contributed by atoms with van der Waals surface area (Å²) in [6, 6.07) is 12.6. The molecule has 0 unspecified atom stereocenters. The Balaban J connectivity index is 1.79. The molecule has 4 N–H and O–H groups in total. The van der Waals surface area contributed by atoms with E-state index in [9.17, 15) is 0 Å². The van der Waals surface area contributed by atoms with E-state index in [4.69, 9.17) is 44.4 Å². The van der Waals surface area contributed by atoms with Gasteiger partial charge < -0.3 is 16.2 Å². The minimum atomic E-state index is -0.572. The molecule has 1 heterocycles. The molecule has 2 aromatic rings. The predicted molar refractivity (Wildman–Crippen MR) is 115 cm³/mol. The number of anilines is 1. The van der Waals surface area contributed by atoms with Crippen LogP contribution in [0.3, 0.4) is 0 Å². The van der Waals surface area contributed by atoms with Crippen molar-refractivity contribution in [2.24, 2.45) is 21.5 Å². The molecule has 2 aliphatic rings. The number of hydrogen-bond acceptors (Lipinski definition) is 6. The minimum Gasteiger partial charge on any atom is -0.455 e. The predicted octanol–water partition coefficient (Wildman–Crippen LogP) is 4.90. The summed E-state index contributed by atoms with van der Waals surface area (Å²) in [6.07, 6.45) is 4.89. The first kappa shape index (κ1) is 18.9. The second-order valence-electron chi connectivity index (χ2n) is 6.99. The average Bonchev–Trinajstić information content (AvgIpc) is 2.65. The quantitative estimate of drug-likeness (QED) is 0.742. The molecular weight excluding hydrogens is 397 g/mol. The fourth-order valence-corrected chi connectivity index (χ4v) is 4.14. The third kappa shape index (κ3) is 3.62. The topological polar surface area (TPSA) is 89.2 Å². The first-order valence-corrected chi connectivity index (χ1v) is 9.95. The van der Waals surface area contributed by atoms with Crippen LogP contribution in [0, 0.1) is 0 Å². The van der Waals surface area contributed by atoms with Crippen LogP contribution < -0.4 is 21.1 Å². The number of nitrogens with two attached hydrogens (primary N) is 2. The lowest BCUT2D eigenvalue weighted by Gasteiger charge is -2.45. The van der Waals surface area contributed by atoms with Gasteiger partial charge in [-0.25, -0.2) is 4.99 Å². The molecular formula is C20H21Cl2N5O. The van der Waals surface area contributed by atoms with Crippen molar-refractivity contribution in [1.82, 2.24) is 0 Å². The lowest BCUT2D eigenvalue weighted by molar-refractivity contribution is 0.304. The van der Waals surface area contributed by atoms with Gasteiger partial charge in [0.2, 0.25) is 11.9 Å². The summed E-state index contributed by atoms with van der Waals surface area (Å²) in [7, 11) is 0. The number of aliphatic imine (C=N–C) groups is 2. The Kier molecular flexibility index (Phi) is 5.08. The first-order valence-electron chi connectivity index (χ1n) is 9.20. The second kappa shape index (κ2) is 7.53. The van der Waals surface area contributed by atoms with E-state index in [1.807, 2.05) is 17.0 Å². The molecule has 1 spiro atoms. The first-order chi connectivity index (χ1) is 13.5. The Hall–Kier alpha value is -2.44. The SMILES string of the molecule is NC1=NC2(CCCCC2)N(c2cc(Cl)ccc2Oc2ccc(Cl)cc2)C(N)=N1. The highest BCUT2D eigenvalue weighted by Crippen LogP contribution is 2.44. The largest absolute Gasteiger partial charge is 0.455 e. The van der Waals surface area contributed by atoms with E-state index in [0.717, 1.165) is 32.1 Å². The molecule has 0 atom stereocenters. The number of rotatable bonds is 3. The molecule has 6 nitrogen and oxygen atoms in total. The van der Waals surface area contributed by atoms with Crippen LogP contribution in [0.5, 0.6) is 11.5 Å². The van der Waals surface area contributed by atoms with E-state index in [1.54, 1.807) is 30.3 Å². The van der Waals surface area contributed by atoms with Crippen LogP contribution in [-0.2, 0) is 0 Å². The molecule has 0 amide bonds. The third-order valence-electron chi connectivity index (χ3n) is 5.05. The Morgan fingerprint density at radius 3 is 2.32 bits per heavy atom. The standard InChI is InChI=1S/C20H21Cl2N5O/c21-13-4-7-15(8-5-13)28-17-9-6-14(22)12-16(17)27-19(24)25-18(23)26-20(27)10-2-1-3-11-20/h4-9,12H,1-3,10-11H2,(H4,23,24,25,26). The highest BCUT2D eigenvalue weighted by Gasteiger charge is 2.43. The fourth-order valence-electron chi connectivity index (χ4n) is 3.85. The number of guanidine groups is 2. The monoisotopic (exact) mass is 417 g/mol. The molecule has 2 aromatic carbocycles. The second-order valence-corrected chi connectivity index (χ2v) is 7.86. The summed E-state index contributed by atoms with van der Waals surface area (Å²) in [4.78, 5) is 10.8. The van der Waals surface area contributed by atoms with Gasteiger partial charge in [0.15, 0.2) is 5.75 Å². The number of ether oxygens (including phenoxy) is 1. The van der Waals surface area contributed by atoms with Gasteiger partial charge in [-0.3, -0.25) is 4.90 Å². The zero-order chi connectivity index (χ0) is 19.7. The molecule has 0 radical (unpaired) electrons. The fraction of sp³-hybridized carbons (Fsp3) is 0.300. The number of halogens is 2. The maximum absolute atomic E-state index is 6.34. The van der Waals surface area contributed by atoms with Gasteiger partial charge in [-0.05, 0) is 68.1 Å². The highest BCUT2D eigenvalue weighted by atomic mass is 35.5. The van der Waals surface area contributed by atoms with Crippen molar-refractivity contribution >= 4 is 40.8 Å². The van der Waals surface area contributed by atoms with E-state index in [1.165, 1.54) is 0 Å². The molecule has 1 aliphatic carbocycles. The lowest BCUT2D eigenvalue weighted by atomic mass is 9.87.